The van der Waals surface area contributed by atoms with Crippen LogP contribution in [0, 0.1) is 0 Å². The van der Waals surface area contributed by atoms with E-state index in [4.69, 9.17) is 0 Å². The van der Waals surface area contributed by atoms with Crippen LogP contribution in [0.1, 0.15) is 11.1 Å². The Bertz CT molecular complexity index is 945. The Morgan fingerprint density at radius 2 is 1.32 bits per heavy atom. The van der Waals surface area contributed by atoms with Gasteiger partial charge in [-0.2, -0.15) is 0 Å². The number of nitrogens with zero attached hydrogens (tertiary/aromatic N) is 1. The first-order chi connectivity index (χ1) is 12.4. The largest absolute Gasteiger partial charge is 0.264 e. The topological polar surface area (TPSA) is 12.9 Å². The summed E-state index contributed by atoms with van der Waals surface area (Å²) in [4.78, 5) is 4.26. The molecule has 0 bridgehead atoms. The van der Waals surface area contributed by atoms with Crippen LogP contribution in [0.2, 0.25) is 0 Å². The minimum Gasteiger partial charge on any atom is -0.264 e. The van der Waals surface area contributed by atoms with Crippen LogP contribution in [0.4, 0.5) is 0 Å². The zero-order chi connectivity index (χ0) is 16.9. The molecule has 1 nitrogen and oxygen atoms in total. The molecule has 120 valence electrons. The lowest BCUT2D eigenvalue weighted by Gasteiger charge is -2.16. The van der Waals surface area contributed by atoms with Gasteiger partial charge in [-0.1, -0.05) is 84.9 Å². The summed E-state index contributed by atoms with van der Waals surface area (Å²) < 4.78 is 0. The van der Waals surface area contributed by atoms with E-state index in [9.17, 15) is 0 Å². The van der Waals surface area contributed by atoms with Gasteiger partial charge in [-0.15, -0.1) is 0 Å². The molecule has 0 amide bonds. The molecule has 4 rings (SSSR count). The summed E-state index contributed by atoms with van der Waals surface area (Å²) in [6.45, 7) is 0. The van der Waals surface area contributed by atoms with Crippen molar-refractivity contribution in [3.8, 4) is 22.3 Å². The lowest BCUT2D eigenvalue weighted by molar-refractivity contribution is 1.15. The highest BCUT2D eigenvalue weighted by atomic mass is 14.6. The summed E-state index contributed by atoms with van der Waals surface area (Å²) in [6, 6.07) is 32.0. The SMILES string of the molecule is c1ccc(-c2cccc(Cc3cccnc3)c2-c2ccccc2)cc1. The molecule has 0 atom stereocenters. The number of hydrogen-bond donors (Lipinski definition) is 0. The summed E-state index contributed by atoms with van der Waals surface area (Å²) in [5, 5.41) is 0. The minimum atomic E-state index is 0.874. The lowest BCUT2D eigenvalue weighted by atomic mass is 9.88. The van der Waals surface area contributed by atoms with Crippen LogP contribution < -0.4 is 0 Å². The molecule has 1 heteroatoms. The molecule has 1 heterocycles. The van der Waals surface area contributed by atoms with Crippen molar-refractivity contribution in [1.82, 2.24) is 4.98 Å². The second kappa shape index (κ2) is 7.14. The molecule has 0 N–H and O–H groups in total. The second-order valence-electron chi connectivity index (χ2n) is 6.11. The standard InChI is InChI=1S/C24H19N/c1-3-10-20(11-4-1)23-15-7-14-22(17-19-9-8-16-25-18-19)24(23)21-12-5-2-6-13-21/h1-16,18H,17H2. The molecule has 0 radical (unpaired) electrons. The van der Waals surface area contributed by atoms with Crippen LogP contribution in [0.25, 0.3) is 22.3 Å². The summed E-state index contributed by atoms with van der Waals surface area (Å²) in [5.74, 6) is 0. The maximum atomic E-state index is 4.26. The first-order valence-electron chi connectivity index (χ1n) is 8.53. The number of hydrogen-bond acceptors (Lipinski definition) is 1. The van der Waals surface area contributed by atoms with Gasteiger partial charge in [0.05, 0.1) is 0 Å². The molecule has 3 aromatic carbocycles. The van der Waals surface area contributed by atoms with Crippen molar-refractivity contribution in [3.05, 3.63) is 115 Å². The molecular weight excluding hydrogens is 302 g/mol. The molecule has 0 unspecified atom stereocenters. The lowest BCUT2D eigenvalue weighted by Crippen LogP contribution is -1.95. The van der Waals surface area contributed by atoms with Gasteiger partial charge in [0.2, 0.25) is 0 Å². The maximum Gasteiger partial charge on any atom is 0.0303 e. The highest BCUT2D eigenvalue weighted by Gasteiger charge is 2.12. The van der Waals surface area contributed by atoms with Crippen molar-refractivity contribution in [3.63, 3.8) is 0 Å². The molecule has 25 heavy (non-hydrogen) atoms. The zero-order valence-electron chi connectivity index (χ0n) is 14.0. The third kappa shape index (κ3) is 3.36. The van der Waals surface area contributed by atoms with Crippen molar-refractivity contribution < 1.29 is 0 Å². The predicted molar refractivity (Wildman–Crippen MR) is 104 cm³/mol. The summed E-state index contributed by atoms with van der Waals surface area (Å²) >= 11 is 0. The van der Waals surface area contributed by atoms with E-state index in [0.29, 0.717) is 0 Å². The smallest absolute Gasteiger partial charge is 0.0303 e. The van der Waals surface area contributed by atoms with Gasteiger partial charge in [-0.05, 0) is 45.9 Å². The van der Waals surface area contributed by atoms with Crippen LogP contribution in [-0.4, -0.2) is 4.98 Å². The Morgan fingerprint density at radius 3 is 2.00 bits per heavy atom. The van der Waals surface area contributed by atoms with Crippen molar-refractivity contribution >= 4 is 0 Å². The van der Waals surface area contributed by atoms with E-state index in [1.54, 1.807) is 0 Å². The number of rotatable bonds is 4. The van der Waals surface area contributed by atoms with E-state index in [1.165, 1.54) is 33.4 Å². The third-order valence-electron chi connectivity index (χ3n) is 4.42. The molecule has 0 saturated carbocycles. The van der Waals surface area contributed by atoms with Crippen molar-refractivity contribution in [1.29, 1.82) is 0 Å². The second-order valence-corrected chi connectivity index (χ2v) is 6.11. The van der Waals surface area contributed by atoms with Crippen molar-refractivity contribution in [2.24, 2.45) is 0 Å². The van der Waals surface area contributed by atoms with Gasteiger partial charge in [-0.25, -0.2) is 0 Å². The Kier molecular flexibility index (Phi) is 4.38. The first-order valence-corrected chi connectivity index (χ1v) is 8.53. The normalized spacial score (nSPS) is 10.6. The highest BCUT2D eigenvalue weighted by Crippen LogP contribution is 2.35. The van der Waals surface area contributed by atoms with Crippen LogP contribution in [0.15, 0.2) is 103 Å². The quantitative estimate of drug-likeness (QED) is 0.449. The predicted octanol–water partition coefficient (Wildman–Crippen LogP) is 6.01. The Balaban J connectivity index is 1.89. The zero-order valence-corrected chi connectivity index (χ0v) is 14.0. The van der Waals surface area contributed by atoms with E-state index >= 15 is 0 Å². The van der Waals surface area contributed by atoms with Crippen molar-refractivity contribution in [2.75, 3.05) is 0 Å². The first kappa shape index (κ1) is 15.3. The number of pyridine rings is 1. The van der Waals surface area contributed by atoms with E-state index in [2.05, 4.69) is 89.9 Å². The summed E-state index contributed by atoms with van der Waals surface area (Å²) in [6.07, 6.45) is 4.64. The Hall–Kier alpha value is -3.19. The molecule has 1 aromatic heterocycles. The highest BCUT2D eigenvalue weighted by molar-refractivity contribution is 5.86. The van der Waals surface area contributed by atoms with E-state index in [0.717, 1.165) is 6.42 Å². The molecule has 0 saturated heterocycles. The molecule has 0 aliphatic carbocycles. The van der Waals surface area contributed by atoms with Crippen LogP contribution >= 0.6 is 0 Å². The van der Waals surface area contributed by atoms with Gasteiger partial charge >= 0.3 is 0 Å². The number of aromatic nitrogens is 1. The molecule has 4 aromatic rings. The van der Waals surface area contributed by atoms with Crippen LogP contribution in [0.5, 0.6) is 0 Å². The van der Waals surface area contributed by atoms with Gasteiger partial charge in [0, 0.05) is 12.4 Å². The molecule has 0 aliphatic heterocycles. The average molecular weight is 321 g/mol. The minimum absolute atomic E-state index is 0.874. The molecule has 0 spiro atoms. The Labute approximate surface area is 148 Å². The van der Waals surface area contributed by atoms with Crippen molar-refractivity contribution in [2.45, 2.75) is 6.42 Å². The van der Waals surface area contributed by atoms with E-state index in [1.807, 2.05) is 18.5 Å². The Morgan fingerprint density at radius 1 is 0.600 bits per heavy atom. The van der Waals surface area contributed by atoms with Gasteiger partial charge < -0.3 is 0 Å². The summed E-state index contributed by atoms with van der Waals surface area (Å²) in [5.41, 5.74) is 7.62. The molecule has 0 fully saturated rings. The molecule has 0 aliphatic rings. The van der Waals surface area contributed by atoms with E-state index < -0.39 is 0 Å². The fourth-order valence-electron chi connectivity index (χ4n) is 3.27. The maximum absolute atomic E-state index is 4.26. The average Bonchev–Trinajstić information content (AvgIpc) is 2.70. The fourth-order valence-corrected chi connectivity index (χ4v) is 3.27. The summed E-state index contributed by atoms with van der Waals surface area (Å²) in [7, 11) is 0. The van der Waals surface area contributed by atoms with Gasteiger partial charge in [0.25, 0.3) is 0 Å². The van der Waals surface area contributed by atoms with Gasteiger partial charge in [-0.3, -0.25) is 4.98 Å². The fraction of sp³-hybridized carbons (Fsp3) is 0.0417. The van der Waals surface area contributed by atoms with Gasteiger partial charge in [0.15, 0.2) is 0 Å². The number of benzene rings is 3. The van der Waals surface area contributed by atoms with E-state index in [-0.39, 0.29) is 0 Å². The van der Waals surface area contributed by atoms with Gasteiger partial charge in [0.1, 0.15) is 0 Å². The third-order valence-corrected chi connectivity index (χ3v) is 4.42. The van der Waals surface area contributed by atoms with Crippen LogP contribution in [0.3, 0.4) is 0 Å². The van der Waals surface area contributed by atoms with Crippen LogP contribution in [-0.2, 0) is 6.42 Å². The monoisotopic (exact) mass is 321 g/mol. The molecular formula is C24H19N.